The van der Waals surface area contributed by atoms with E-state index in [1.165, 1.54) is 24.8 Å². The monoisotopic (exact) mass is 584 g/mol. The van der Waals surface area contributed by atoms with Gasteiger partial charge >= 0.3 is 11.9 Å². The van der Waals surface area contributed by atoms with Gasteiger partial charge < -0.3 is 24.3 Å². The van der Waals surface area contributed by atoms with Crippen LogP contribution in [0.5, 0.6) is 5.75 Å². The number of thioether (sulfide) groups is 1. The van der Waals surface area contributed by atoms with Crippen molar-refractivity contribution in [1.29, 1.82) is 0 Å². The van der Waals surface area contributed by atoms with Gasteiger partial charge in [0.15, 0.2) is 5.76 Å². The predicted octanol–water partition coefficient (Wildman–Crippen LogP) is 3.19. The van der Waals surface area contributed by atoms with Crippen LogP contribution in [0.15, 0.2) is 50.5 Å². The summed E-state index contributed by atoms with van der Waals surface area (Å²) in [6, 6.07) is 7.24. The van der Waals surface area contributed by atoms with Crippen LogP contribution in [-0.4, -0.2) is 57.5 Å². The topological polar surface area (TPSA) is 135 Å². The van der Waals surface area contributed by atoms with E-state index in [2.05, 4.69) is 21.2 Å². The number of ether oxygens (including phenoxy) is 2. The second-order valence-electron chi connectivity index (χ2n) is 7.53. The molecule has 2 aliphatic heterocycles. The lowest BCUT2D eigenvalue weighted by Crippen LogP contribution is -2.70. The third-order valence-corrected chi connectivity index (χ3v) is 7.26. The molecule has 1 saturated heterocycles. The molecule has 0 bridgehead atoms. The fourth-order valence-electron chi connectivity index (χ4n) is 3.51. The number of nitrogens with zero attached hydrogens (tertiary/aromatic N) is 1. The molecule has 2 N–H and O–H groups in total. The highest BCUT2D eigenvalue weighted by Gasteiger charge is 2.54. The summed E-state index contributed by atoms with van der Waals surface area (Å²) in [5.41, 5.74) is 0.0863. The van der Waals surface area contributed by atoms with Crippen molar-refractivity contribution in [3.8, 4) is 5.75 Å². The zero-order valence-corrected chi connectivity index (χ0v) is 21.2. The zero-order valence-electron chi connectivity index (χ0n) is 18.1. The number of aliphatic carboxylic acids is 1. The number of esters is 1. The number of halogens is 2. The number of hydrogen-bond acceptors (Lipinski definition) is 8. The summed E-state index contributed by atoms with van der Waals surface area (Å²) < 4.78 is 16.9. The van der Waals surface area contributed by atoms with Crippen LogP contribution >= 0.6 is 39.3 Å². The Hall–Kier alpha value is -2.96. The number of nitrogens with one attached hydrogen (secondary N) is 1. The van der Waals surface area contributed by atoms with Gasteiger partial charge in [-0.15, -0.1) is 11.8 Å². The van der Waals surface area contributed by atoms with Gasteiger partial charge in [0.1, 0.15) is 41.8 Å². The number of benzene rings is 1. The second kappa shape index (κ2) is 10.3. The molecule has 10 nitrogen and oxygen atoms in total. The van der Waals surface area contributed by atoms with Gasteiger partial charge in [-0.1, -0.05) is 27.5 Å². The molecule has 35 heavy (non-hydrogen) atoms. The molecule has 184 valence electrons. The minimum atomic E-state index is -1.31. The van der Waals surface area contributed by atoms with Gasteiger partial charge in [0, 0.05) is 22.7 Å². The van der Waals surface area contributed by atoms with Gasteiger partial charge in [-0.05, 0) is 30.3 Å². The molecule has 2 amide bonds. The van der Waals surface area contributed by atoms with E-state index in [4.69, 9.17) is 25.5 Å². The molecular formula is C22H18BrClN2O8S. The summed E-state index contributed by atoms with van der Waals surface area (Å²) in [6.07, 6.45) is 0. The standard InChI is InChI=1S/C22H18BrClN2O8S/c1-10(27)32-7-11-9-35-21-17(20(29)26(21)18(11)22(30)31)25-19(28)16-5-3-13(34-16)8-33-15-4-2-12(23)6-14(15)24/h2-6,17,21H,7-9H2,1H3,(H,25,28)(H,30,31)/t17-,21-/m0/s1. The predicted molar refractivity (Wildman–Crippen MR) is 128 cm³/mol. The molecule has 2 aromatic rings. The lowest BCUT2D eigenvalue weighted by atomic mass is 10.0. The van der Waals surface area contributed by atoms with Crippen LogP contribution in [0, 0.1) is 0 Å². The van der Waals surface area contributed by atoms with Crippen LogP contribution in [0.1, 0.15) is 23.2 Å². The SMILES string of the molecule is CC(=O)OCC1=C(C(=O)O)N2C(=O)[C@H](NC(=O)c3ccc(COc4ccc(Br)cc4Cl)o3)[C@@H]2SC1. The van der Waals surface area contributed by atoms with Gasteiger partial charge in [0.05, 0.1) is 5.02 Å². The molecule has 1 fully saturated rings. The Balaban J connectivity index is 1.38. The molecule has 0 saturated carbocycles. The molecule has 1 aromatic carbocycles. The quantitative estimate of drug-likeness (QED) is 0.354. The molecule has 13 heteroatoms. The van der Waals surface area contributed by atoms with E-state index in [-0.39, 0.29) is 30.4 Å². The number of β-lactam (4-membered cyclic amide) rings is 1. The van der Waals surface area contributed by atoms with Gasteiger partial charge in [-0.25, -0.2) is 4.79 Å². The molecule has 4 rings (SSSR count). The van der Waals surface area contributed by atoms with Gasteiger partial charge in [0.2, 0.25) is 0 Å². The number of hydrogen-bond donors (Lipinski definition) is 2. The summed E-state index contributed by atoms with van der Waals surface area (Å²) >= 11 is 10.7. The van der Waals surface area contributed by atoms with Crippen LogP contribution in [-0.2, 0) is 25.7 Å². The maximum Gasteiger partial charge on any atom is 0.352 e. The number of carboxylic acids is 1. The van der Waals surface area contributed by atoms with Crippen molar-refractivity contribution in [1.82, 2.24) is 10.2 Å². The average molecular weight is 586 g/mol. The van der Waals surface area contributed by atoms with E-state index in [0.29, 0.717) is 22.1 Å². The Labute approximate surface area is 216 Å². The molecule has 1 aromatic heterocycles. The highest BCUT2D eigenvalue weighted by Crippen LogP contribution is 2.40. The number of rotatable bonds is 8. The summed E-state index contributed by atoms with van der Waals surface area (Å²) in [6.45, 7) is 1.02. The zero-order chi connectivity index (χ0) is 25.3. The maximum absolute atomic E-state index is 12.7. The molecule has 2 atom stereocenters. The number of carboxylic acid groups (broad SMARTS) is 1. The van der Waals surface area contributed by atoms with Gasteiger partial charge in [0.25, 0.3) is 11.8 Å². The first kappa shape index (κ1) is 25.1. The van der Waals surface area contributed by atoms with Crippen molar-refractivity contribution in [2.24, 2.45) is 0 Å². The summed E-state index contributed by atoms with van der Waals surface area (Å²) in [5.74, 6) is -2.04. The van der Waals surface area contributed by atoms with Gasteiger partial charge in [-0.3, -0.25) is 19.3 Å². The third-order valence-electron chi connectivity index (χ3n) is 5.14. The van der Waals surface area contributed by atoms with Crippen LogP contribution in [0.4, 0.5) is 0 Å². The highest BCUT2D eigenvalue weighted by atomic mass is 79.9. The van der Waals surface area contributed by atoms with E-state index < -0.39 is 35.2 Å². The Morgan fingerprint density at radius 3 is 2.74 bits per heavy atom. The highest BCUT2D eigenvalue weighted by molar-refractivity contribution is 9.10. The first-order valence-corrected chi connectivity index (χ1v) is 12.4. The first-order valence-electron chi connectivity index (χ1n) is 10.2. The smallest absolute Gasteiger partial charge is 0.352 e. The molecule has 0 spiro atoms. The van der Waals surface area contributed by atoms with E-state index >= 15 is 0 Å². The maximum atomic E-state index is 12.7. The second-order valence-corrected chi connectivity index (χ2v) is 9.96. The lowest BCUT2D eigenvalue weighted by Gasteiger charge is -2.49. The summed E-state index contributed by atoms with van der Waals surface area (Å²) in [5, 5.41) is 12.0. The van der Waals surface area contributed by atoms with Crippen molar-refractivity contribution in [2.45, 2.75) is 24.9 Å². The average Bonchev–Trinajstić information content (AvgIpc) is 3.28. The van der Waals surface area contributed by atoms with Crippen molar-refractivity contribution in [3.63, 3.8) is 0 Å². The minimum Gasteiger partial charge on any atom is -0.484 e. The first-order chi connectivity index (χ1) is 16.7. The van der Waals surface area contributed by atoms with E-state index in [1.807, 2.05) is 0 Å². The Bertz CT molecular complexity index is 1250. The van der Waals surface area contributed by atoms with Crippen LogP contribution in [0.2, 0.25) is 5.02 Å². The van der Waals surface area contributed by atoms with E-state index in [9.17, 15) is 24.3 Å². The van der Waals surface area contributed by atoms with Crippen molar-refractivity contribution >= 4 is 63.0 Å². The number of furan rings is 1. The summed E-state index contributed by atoms with van der Waals surface area (Å²) in [4.78, 5) is 49.3. The van der Waals surface area contributed by atoms with Crippen molar-refractivity contribution < 1.29 is 38.2 Å². The molecule has 0 unspecified atom stereocenters. The fraction of sp³-hybridized carbons (Fsp3) is 0.273. The Morgan fingerprint density at radius 1 is 1.29 bits per heavy atom. The van der Waals surface area contributed by atoms with Crippen LogP contribution < -0.4 is 10.1 Å². The third kappa shape index (κ3) is 5.34. The number of amides is 2. The number of carbonyl (C=O) groups excluding carboxylic acids is 3. The minimum absolute atomic E-state index is 0.0258. The Kier molecular flexibility index (Phi) is 7.43. The largest absolute Gasteiger partial charge is 0.484 e. The number of carbonyl (C=O) groups is 4. The fourth-order valence-corrected chi connectivity index (χ4v) is 5.57. The van der Waals surface area contributed by atoms with Crippen molar-refractivity contribution in [2.75, 3.05) is 12.4 Å². The molecular weight excluding hydrogens is 568 g/mol. The summed E-state index contributed by atoms with van der Waals surface area (Å²) in [7, 11) is 0. The Morgan fingerprint density at radius 2 is 2.06 bits per heavy atom. The lowest BCUT2D eigenvalue weighted by molar-refractivity contribution is -0.149. The van der Waals surface area contributed by atoms with Gasteiger partial charge in [-0.2, -0.15) is 0 Å². The van der Waals surface area contributed by atoms with E-state index in [0.717, 1.165) is 9.37 Å². The molecule has 0 radical (unpaired) electrons. The molecule has 2 aliphatic rings. The number of fused-ring (bicyclic) bond motifs is 1. The normalized spacial score (nSPS) is 19.1. The molecule has 0 aliphatic carbocycles. The molecule has 3 heterocycles. The van der Waals surface area contributed by atoms with Crippen LogP contribution in [0.25, 0.3) is 0 Å². The van der Waals surface area contributed by atoms with Crippen molar-refractivity contribution in [3.05, 3.63) is 62.6 Å². The van der Waals surface area contributed by atoms with Crippen LogP contribution in [0.3, 0.4) is 0 Å². The van der Waals surface area contributed by atoms with E-state index in [1.54, 1.807) is 24.3 Å².